The highest BCUT2D eigenvalue weighted by Crippen LogP contribution is 2.36. The van der Waals surface area contributed by atoms with Gasteiger partial charge in [0.1, 0.15) is 0 Å². The maximum atomic E-state index is 4.44. The second-order valence-electron chi connectivity index (χ2n) is 4.27. The number of nitrogens with zero attached hydrogens (tertiary/aromatic N) is 2. The molecule has 2 rings (SSSR count). The van der Waals surface area contributed by atoms with Crippen LogP contribution in [0.1, 0.15) is 36.5 Å². The van der Waals surface area contributed by atoms with Gasteiger partial charge in [0.15, 0.2) is 0 Å². The van der Waals surface area contributed by atoms with E-state index in [0.29, 0.717) is 6.04 Å². The molecule has 0 aliphatic carbocycles. The van der Waals surface area contributed by atoms with Gasteiger partial charge in [0, 0.05) is 15.4 Å². The fraction of sp³-hybridized carbons (Fsp3) is 0.417. The van der Waals surface area contributed by atoms with Crippen LogP contribution in [0.15, 0.2) is 26.6 Å². The maximum absolute atomic E-state index is 4.44. The summed E-state index contributed by atoms with van der Waals surface area (Å²) in [6.45, 7) is 4.28. The summed E-state index contributed by atoms with van der Waals surface area (Å²) in [5, 5.41) is 9.91. The van der Waals surface area contributed by atoms with Gasteiger partial charge in [0.2, 0.25) is 0 Å². The van der Waals surface area contributed by atoms with Gasteiger partial charge in [0.05, 0.1) is 22.4 Å². The van der Waals surface area contributed by atoms with E-state index in [1.807, 2.05) is 13.2 Å². The van der Waals surface area contributed by atoms with Gasteiger partial charge < -0.3 is 5.32 Å². The van der Waals surface area contributed by atoms with Crippen molar-refractivity contribution in [1.29, 1.82) is 0 Å². The number of halogens is 2. The molecule has 0 aromatic carbocycles. The van der Waals surface area contributed by atoms with E-state index in [-0.39, 0.29) is 6.04 Å². The van der Waals surface area contributed by atoms with Gasteiger partial charge in [-0.15, -0.1) is 11.3 Å². The van der Waals surface area contributed by atoms with Gasteiger partial charge in [-0.3, -0.25) is 4.68 Å². The van der Waals surface area contributed by atoms with Gasteiger partial charge in [-0.25, -0.2) is 0 Å². The Morgan fingerprint density at radius 2 is 2.06 bits per heavy atom. The molecular weight excluding hydrogens is 378 g/mol. The fourth-order valence-corrected chi connectivity index (χ4v) is 4.15. The van der Waals surface area contributed by atoms with Crippen molar-refractivity contribution < 1.29 is 0 Å². The molecule has 2 aromatic rings. The molecule has 0 aliphatic heterocycles. The zero-order valence-corrected chi connectivity index (χ0v) is 14.4. The standard InChI is InChI=1S/C12H15Br2N3S/c1-7(2)17-11(9(14)6-16-17)10(15-3)12-8(13)4-5-18-12/h4-7,10,15H,1-3H3. The Kier molecular flexibility index (Phi) is 4.64. The molecule has 2 heterocycles. The van der Waals surface area contributed by atoms with Gasteiger partial charge in [-0.1, -0.05) is 0 Å². The molecule has 0 saturated carbocycles. The molecule has 3 nitrogen and oxygen atoms in total. The molecule has 0 saturated heterocycles. The van der Waals surface area contributed by atoms with Crippen molar-refractivity contribution in [1.82, 2.24) is 15.1 Å². The first-order valence-corrected chi connectivity index (χ1v) is 8.15. The Bertz CT molecular complexity index is 533. The molecule has 0 radical (unpaired) electrons. The zero-order valence-electron chi connectivity index (χ0n) is 10.4. The molecular formula is C12H15Br2N3S. The first kappa shape index (κ1) is 14.2. The van der Waals surface area contributed by atoms with Crippen LogP contribution in [0.4, 0.5) is 0 Å². The lowest BCUT2D eigenvalue weighted by atomic mass is 10.1. The average Bonchev–Trinajstić information content (AvgIpc) is 2.89. The van der Waals surface area contributed by atoms with Crippen LogP contribution in [-0.4, -0.2) is 16.8 Å². The van der Waals surface area contributed by atoms with Crippen molar-refractivity contribution in [2.24, 2.45) is 0 Å². The largest absolute Gasteiger partial charge is 0.307 e. The van der Waals surface area contributed by atoms with Crippen molar-refractivity contribution in [3.05, 3.63) is 37.2 Å². The quantitative estimate of drug-likeness (QED) is 0.837. The number of nitrogens with one attached hydrogen (secondary N) is 1. The highest BCUT2D eigenvalue weighted by Gasteiger charge is 2.24. The van der Waals surface area contributed by atoms with Crippen molar-refractivity contribution in [2.45, 2.75) is 25.9 Å². The summed E-state index contributed by atoms with van der Waals surface area (Å²) < 4.78 is 4.23. The third-order valence-corrected chi connectivity index (χ3v) is 5.29. The van der Waals surface area contributed by atoms with Gasteiger partial charge in [-0.2, -0.15) is 5.10 Å². The monoisotopic (exact) mass is 391 g/mol. The SMILES string of the molecule is CNC(c1sccc1Br)c1c(Br)cnn1C(C)C. The summed E-state index contributed by atoms with van der Waals surface area (Å²) in [5.41, 5.74) is 1.16. The molecule has 0 amide bonds. The van der Waals surface area contributed by atoms with E-state index in [9.17, 15) is 0 Å². The summed E-state index contributed by atoms with van der Waals surface area (Å²) >= 11 is 8.95. The molecule has 1 N–H and O–H groups in total. The second-order valence-corrected chi connectivity index (χ2v) is 6.93. The van der Waals surface area contributed by atoms with Crippen LogP contribution >= 0.6 is 43.2 Å². The van der Waals surface area contributed by atoms with E-state index in [1.165, 1.54) is 4.88 Å². The Hall–Kier alpha value is -0.170. The predicted molar refractivity (Wildman–Crippen MR) is 83.2 cm³/mol. The van der Waals surface area contributed by atoms with Gasteiger partial charge in [0.25, 0.3) is 0 Å². The lowest BCUT2D eigenvalue weighted by Crippen LogP contribution is -2.22. The summed E-state index contributed by atoms with van der Waals surface area (Å²) in [6, 6.07) is 2.55. The fourth-order valence-electron chi connectivity index (χ4n) is 1.94. The van der Waals surface area contributed by atoms with Crippen LogP contribution in [0.3, 0.4) is 0 Å². The maximum Gasteiger partial charge on any atom is 0.0862 e. The second kappa shape index (κ2) is 5.86. The number of hydrogen-bond acceptors (Lipinski definition) is 3. The van der Waals surface area contributed by atoms with E-state index in [4.69, 9.17) is 0 Å². The van der Waals surface area contributed by atoms with Crippen molar-refractivity contribution in [3.63, 3.8) is 0 Å². The molecule has 6 heteroatoms. The average molecular weight is 393 g/mol. The van der Waals surface area contributed by atoms with Crippen LogP contribution in [0.2, 0.25) is 0 Å². The van der Waals surface area contributed by atoms with Gasteiger partial charge >= 0.3 is 0 Å². The van der Waals surface area contributed by atoms with Crippen molar-refractivity contribution in [3.8, 4) is 0 Å². The summed E-state index contributed by atoms with van der Waals surface area (Å²) in [5.74, 6) is 0. The van der Waals surface area contributed by atoms with E-state index < -0.39 is 0 Å². The van der Waals surface area contributed by atoms with Crippen molar-refractivity contribution in [2.75, 3.05) is 7.05 Å². The molecule has 98 valence electrons. The first-order chi connectivity index (χ1) is 8.56. The van der Waals surface area contributed by atoms with Crippen molar-refractivity contribution >= 4 is 43.2 Å². The Morgan fingerprint density at radius 1 is 1.33 bits per heavy atom. The lowest BCUT2D eigenvalue weighted by molar-refractivity contribution is 0.484. The van der Waals surface area contributed by atoms with E-state index in [2.05, 4.69) is 72.3 Å². The minimum absolute atomic E-state index is 0.138. The topological polar surface area (TPSA) is 29.9 Å². The van der Waals surface area contributed by atoms with Gasteiger partial charge in [-0.05, 0) is 64.2 Å². The lowest BCUT2D eigenvalue weighted by Gasteiger charge is -2.20. The minimum atomic E-state index is 0.138. The third-order valence-electron chi connectivity index (χ3n) is 2.75. The Labute approximate surface area is 128 Å². The normalized spacial score (nSPS) is 13.2. The number of aromatic nitrogens is 2. The molecule has 0 bridgehead atoms. The number of hydrogen-bond donors (Lipinski definition) is 1. The van der Waals surface area contributed by atoms with E-state index in [1.54, 1.807) is 11.3 Å². The molecule has 1 atom stereocenters. The molecule has 18 heavy (non-hydrogen) atoms. The highest BCUT2D eigenvalue weighted by molar-refractivity contribution is 9.10. The van der Waals surface area contributed by atoms with Crippen LogP contribution in [-0.2, 0) is 0 Å². The van der Waals surface area contributed by atoms with Crippen LogP contribution in [0.5, 0.6) is 0 Å². The van der Waals surface area contributed by atoms with Crippen LogP contribution < -0.4 is 5.32 Å². The Morgan fingerprint density at radius 3 is 2.56 bits per heavy atom. The van der Waals surface area contributed by atoms with Crippen LogP contribution in [0.25, 0.3) is 0 Å². The molecule has 2 aromatic heterocycles. The molecule has 0 aliphatic rings. The third kappa shape index (κ3) is 2.57. The van der Waals surface area contributed by atoms with Crippen LogP contribution in [0, 0.1) is 0 Å². The first-order valence-electron chi connectivity index (χ1n) is 5.69. The molecule has 0 spiro atoms. The van der Waals surface area contributed by atoms with E-state index >= 15 is 0 Å². The predicted octanol–water partition coefficient (Wildman–Crippen LogP) is 4.36. The zero-order chi connectivity index (χ0) is 13.3. The smallest absolute Gasteiger partial charge is 0.0862 e. The summed E-state index contributed by atoms with van der Waals surface area (Å²) in [6.07, 6.45) is 1.86. The summed E-state index contributed by atoms with van der Waals surface area (Å²) in [4.78, 5) is 1.26. The summed E-state index contributed by atoms with van der Waals surface area (Å²) in [7, 11) is 1.97. The molecule has 0 fully saturated rings. The minimum Gasteiger partial charge on any atom is -0.307 e. The molecule has 1 unspecified atom stereocenters. The van der Waals surface area contributed by atoms with E-state index in [0.717, 1.165) is 14.6 Å². The Balaban J connectivity index is 2.52. The highest BCUT2D eigenvalue weighted by atomic mass is 79.9. The number of rotatable bonds is 4. The number of thiophene rings is 1.